The van der Waals surface area contributed by atoms with Crippen LogP contribution in [-0.2, 0) is 0 Å². The van der Waals surface area contributed by atoms with Crippen LogP contribution in [-0.4, -0.2) is 5.78 Å². The van der Waals surface area contributed by atoms with E-state index >= 15 is 0 Å². The van der Waals surface area contributed by atoms with Crippen molar-refractivity contribution >= 4 is 17.1 Å². The predicted molar refractivity (Wildman–Crippen MR) is 63.6 cm³/mol. The molecule has 0 unspecified atom stereocenters. The molecule has 16 heavy (non-hydrogen) atoms. The minimum Gasteiger partial charge on any atom is -0.288 e. The normalized spacial score (nSPS) is 10.4. The Kier molecular flexibility index (Phi) is 2.88. The summed E-state index contributed by atoms with van der Waals surface area (Å²) in [6.07, 6.45) is 0. The van der Waals surface area contributed by atoms with E-state index in [0.717, 1.165) is 11.1 Å². The van der Waals surface area contributed by atoms with Crippen LogP contribution in [0.1, 0.15) is 26.4 Å². The van der Waals surface area contributed by atoms with E-state index in [4.69, 9.17) is 0 Å². The molecular weight excluding hydrogens is 223 g/mol. The zero-order chi connectivity index (χ0) is 11.7. The maximum atomic E-state index is 13.6. The summed E-state index contributed by atoms with van der Waals surface area (Å²) in [5.74, 6) is -0.678. The van der Waals surface area contributed by atoms with Crippen molar-refractivity contribution in [2.75, 3.05) is 0 Å². The molecule has 0 atom stereocenters. The molecule has 3 heteroatoms. The molecule has 0 spiro atoms. The molecule has 0 aliphatic heterocycles. The van der Waals surface area contributed by atoms with Crippen LogP contribution in [0.4, 0.5) is 4.39 Å². The molecule has 0 saturated carbocycles. The van der Waals surface area contributed by atoms with Crippen molar-refractivity contribution in [2.45, 2.75) is 13.8 Å². The fourth-order valence-electron chi connectivity index (χ4n) is 1.53. The van der Waals surface area contributed by atoms with Crippen LogP contribution in [0.3, 0.4) is 0 Å². The van der Waals surface area contributed by atoms with E-state index in [1.807, 2.05) is 18.4 Å². The molecule has 0 aliphatic carbocycles. The lowest BCUT2D eigenvalue weighted by Gasteiger charge is -2.02. The third-order valence-corrected chi connectivity index (χ3v) is 3.45. The maximum absolute atomic E-state index is 13.6. The lowest BCUT2D eigenvalue weighted by Crippen LogP contribution is -2.03. The summed E-state index contributed by atoms with van der Waals surface area (Å²) in [5.41, 5.74) is 1.86. The van der Waals surface area contributed by atoms with Gasteiger partial charge in [-0.15, -0.1) is 11.3 Å². The Hall–Kier alpha value is -1.48. The van der Waals surface area contributed by atoms with E-state index < -0.39 is 5.82 Å². The van der Waals surface area contributed by atoms with Gasteiger partial charge in [-0.05, 0) is 48.6 Å². The third-order valence-electron chi connectivity index (χ3n) is 2.44. The highest BCUT2D eigenvalue weighted by atomic mass is 32.1. The van der Waals surface area contributed by atoms with E-state index in [1.165, 1.54) is 17.4 Å². The number of hydrogen-bond acceptors (Lipinski definition) is 2. The average molecular weight is 234 g/mol. The van der Waals surface area contributed by atoms with Gasteiger partial charge in [0, 0.05) is 0 Å². The van der Waals surface area contributed by atoms with Crippen LogP contribution in [0.2, 0.25) is 0 Å². The largest absolute Gasteiger partial charge is 0.288 e. The molecule has 1 nitrogen and oxygen atoms in total. The third kappa shape index (κ3) is 1.91. The first-order valence-corrected chi connectivity index (χ1v) is 5.82. The number of thiophene rings is 1. The van der Waals surface area contributed by atoms with Gasteiger partial charge in [0.05, 0.1) is 10.4 Å². The highest BCUT2D eigenvalue weighted by Crippen LogP contribution is 2.21. The van der Waals surface area contributed by atoms with Gasteiger partial charge in [0.25, 0.3) is 0 Å². The molecular formula is C13H11FOS. The number of hydrogen-bond donors (Lipinski definition) is 0. The molecule has 0 bridgehead atoms. The van der Waals surface area contributed by atoms with Crippen LogP contribution in [0, 0.1) is 19.7 Å². The standard InChI is InChI=1S/C13H11FOS/c1-8-3-4-10(11(14)7-8)12(15)13-9(2)5-6-16-13/h3-7H,1-2H3. The summed E-state index contributed by atoms with van der Waals surface area (Å²) >= 11 is 1.35. The van der Waals surface area contributed by atoms with Gasteiger partial charge >= 0.3 is 0 Å². The highest BCUT2D eigenvalue weighted by molar-refractivity contribution is 7.12. The van der Waals surface area contributed by atoms with Crippen LogP contribution < -0.4 is 0 Å². The molecule has 2 aromatic rings. The van der Waals surface area contributed by atoms with Gasteiger partial charge in [0.2, 0.25) is 5.78 Å². The summed E-state index contributed by atoms with van der Waals surface area (Å²) in [6, 6.07) is 6.55. The first-order chi connectivity index (χ1) is 7.59. The molecule has 1 aromatic heterocycles. The van der Waals surface area contributed by atoms with Crippen molar-refractivity contribution in [3.63, 3.8) is 0 Å². The molecule has 0 N–H and O–H groups in total. The zero-order valence-electron chi connectivity index (χ0n) is 9.08. The van der Waals surface area contributed by atoms with Gasteiger partial charge < -0.3 is 0 Å². The first-order valence-electron chi connectivity index (χ1n) is 4.94. The van der Waals surface area contributed by atoms with E-state index in [9.17, 15) is 9.18 Å². The van der Waals surface area contributed by atoms with Gasteiger partial charge in [0.15, 0.2) is 0 Å². The van der Waals surface area contributed by atoms with Gasteiger partial charge in [0.1, 0.15) is 5.82 Å². The van der Waals surface area contributed by atoms with Crippen molar-refractivity contribution in [3.8, 4) is 0 Å². The molecule has 0 saturated heterocycles. The van der Waals surface area contributed by atoms with E-state index in [1.54, 1.807) is 19.1 Å². The maximum Gasteiger partial charge on any atom is 0.206 e. The quantitative estimate of drug-likeness (QED) is 0.723. The van der Waals surface area contributed by atoms with Gasteiger partial charge in [-0.3, -0.25) is 4.79 Å². The lowest BCUT2D eigenvalue weighted by atomic mass is 10.1. The number of benzene rings is 1. The Morgan fingerprint density at radius 2 is 2.00 bits per heavy atom. The number of ketones is 1. The summed E-state index contributed by atoms with van der Waals surface area (Å²) in [5, 5.41) is 1.84. The second-order valence-corrected chi connectivity index (χ2v) is 4.66. The molecule has 1 aromatic carbocycles. The highest BCUT2D eigenvalue weighted by Gasteiger charge is 2.16. The summed E-state index contributed by atoms with van der Waals surface area (Å²) in [4.78, 5) is 12.6. The Labute approximate surface area is 97.6 Å². The van der Waals surface area contributed by atoms with Crippen LogP contribution in [0.25, 0.3) is 0 Å². The van der Waals surface area contributed by atoms with Crippen LogP contribution in [0.15, 0.2) is 29.6 Å². The zero-order valence-corrected chi connectivity index (χ0v) is 9.90. The molecule has 0 amide bonds. The number of rotatable bonds is 2. The Balaban J connectivity index is 2.46. The van der Waals surface area contributed by atoms with Gasteiger partial charge in [-0.25, -0.2) is 4.39 Å². The monoisotopic (exact) mass is 234 g/mol. The van der Waals surface area contributed by atoms with Gasteiger partial charge in [-0.1, -0.05) is 6.07 Å². The molecule has 0 radical (unpaired) electrons. The summed E-state index contributed by atoms with van der Waals surface area (Å²) in [6.45, 7) is 3.66. The predicted octanol–water partition coefficient (Wildman–Crippen LogP) is 3.74. The Morgan fingerprint density at radius 3 is 2.56 bits per heavy atom. The molecule has 1 heterocycles. The van der Waals surface area contributed by atoms with E-state index in [-0.39, 0.29) is 11.3 Å². The second kappa shape index (κ2) is 4.18. The molecule has 2 rings (SSSR count). The summed E-state index contributed by atoms with van der Waals surface area (Å²) < 4.78 is 13.6. The summed E-state index contributed by atoms with van der Waals surface area (Å²) in [7, 11) is 0. The van der Waals surface area contributed by atoms with Gasteiger partial charge in [-0.2, -0.15) is 0 Å². The average Bonchev–Trinajstić information content (AvgIpc) is 2.63. The van der Waals surface area contributed by atoms with Crippen molar-refractivity contribution in [1.29, 1.82) is 0 Å². The second-order valence-electron chi connectivity index (χ2n) is 3.75. The number of aryl methyl sites for hydroxylation is 2. The minimum absolute atomic E-state index is 0.149. The Bertz CT molecular complexity index is 543. The number of halogens is 1. The minimum atomic E-state index is -0.446. The number of carbonyl (C=O) groups is 1. The molecule has 0 fully saturated rings. The smallest absolute Gasteiger partial charge is 0.206 e. The topological polar surface area (TPSA) is 17.1 Å². The lowest BCUT2D eigenvalue weighted by molar-refractivity contribution is 0.103. The Morgan fingerprint density at radius 1 is 1.25 bits per heavy atom. The molecule has 82 valence electrons. The van der Waals surface area contributed by atoms with Crippen molar-refractivity contribution < 1.29 is 9.18 Å². The van der Waals surface area contributed by atoms with Crippen LogP contribution in [0.5, 0.6) is 0 Å². The SMILES string of the molecule is Cc1ccc(C(=O)c2sccc2C)c(F)c1. The number of carbonyl (C=O) groups excluding carboxylic acids is 1. The van der Waals surface area contributed by atoms with Crippen molar-refractivity contribution in [3.05, 3.63) is 57.0 Å². The van der Waals surface area contributed by atoms with Crippen LogP contribution >= 0.6 is 11.3 Å². The van der Waals surface area contributed by atoms with E-state index in [2.05, 4.69) is 0 Å². The first kappa shape index (κ1) is 11.0. The molecule has 0 aliphatic rings. The fourth-order valence-corrected chi connectivity index (χ4v) is 2.41. The fraction of sp³-hybridized carbons (Fsp3) is 0.154. The van der Waals surface area contributed by atoms with Crippen molar-refractivity contribution in [1.82, 2.24) is 0 Å². The van der Waals surface area contributed by atoms with Crippen molar-refractivity contribution in [2.24, 2.45) is 0 Å². The van der Waals surface area contributed by atoms with E-state index in [0.29, 0.717) is 4.88 Å².